The molecule has 1 aliphatic rings. The molecule has 2 heterocycles. The Morgan fingerprint density at radius 2 is 1.86 bits per heavy atom. The number of fused-ring (bicyclic) bond motifs is 3. The first-order valence-corrected chi connectivity index (χ1v) is 7.19. The van der Waals surface area contributed by atoms with Crippen LogP contribution in [-0.4, -0.2) is 10.9 Å². The first kappa shape index (κ1) is 12.2. The summed E-state index contributed by atoms with van der Waals surface area (Å²) in [6.45, 7) is 2.03. The van der Waals surface area contributed by atoms with Crippen LogP contribution in [0.2, 0.25) is 0 Å². The van der Waals surface area contributed by atoms with Gasteiger partial charge in [0.1, 0.15) is 0 Å². The van der Waals surface area contributed by atoms with Gasteiger partial charge in [0.15, 0.2) is 0 Å². The van der Waals surface area contributed by atoms with E-state index in [0.717, 1.165) is 5.70 Å². The van der Waals surface area contributed by atoms with E-state index < -0.39 is 0 Å². The summed E-state index contributed by atoms with van der Waals surface area (Å²) in [5.41, 5.74) is 4.90. The number of allylic oxidation sites excluding steroid dienone is 1. The van der Waals surface area contributed by atoms with Gasteiger partial charge in [0.25, 0.3) is 0 Å². The summed E-state index contributed by atoms with van der Waals surface area (Å²) in [5.74, 6) is 0. The SMILES string of the molecule is CC1=CC(c2cccc3c4ccccc4n(C)c23)NC=N1. The number of aryl methyl sites for hydroxylation is 1. The third-order valence-electron chi connectivity index (χ3n) is 4.22. The molecule has 3 aromatic rings. The molecule has 0 spiro atoms. The van der Waals surface area contributed by atoms with Crippen LogP contribution in [0.3, 0.4) is 0 Å². The Bertz CT molecular complexity index is 899. The molecule has 0 saturated heterocycles. The maximum Gasteiger partial charge on any atom is 0.0889 e. The van der Waals surface area contributed by atoms with Crippen molar-refractivity contribution in [1.82, 2.24) is 9.88 Å². The molecule has 0 radical (unpaired) electrons. The van der Waals surface area contributed by atoms with Crippen molar-refractivity contribution in [1.29, 1.82) is 0 Å². The highest BCUT2D eigenvalue weighted by molar-refractivity contribution is 6.09. The average Bonchev–Trinajstić information content (AvgIpc) is 2.81. The first-order chi connectivity index (χ1) is 10.3. The second-order valence-corrected chi connectivity index (χ2v) is 5.53. The Morgan fingerprint density at radius 1 is 1.05 bits per heavy atom. The monoisotopic (exact) mass is 275 g/mol. The van der Waals surface area contributed by atoms with E-state index in [9.17, 15) is 0 Å². The van der Waals surface area contributed by atoms with E-state index >= 15 is 0 Å². The number of rotatable bonds is 1. The summed E-state index contributed by atoms with van der Waals surface area (Å²) in [4.78, 5) is 4.27. The summed E-state index contributed by atoms with van der Waals surface area (Å²) in [7, 11) is 2.14. The number of hydrogen-bond donors (Lipinski definition) is 1. The van der Waals surface area contributed by atoms with Gasteiger partial charge in [-0.05, 0) is 19.1 Å². The molecule has 0 aliphatic carbocycles. The van der Waals surface area contributed by atoms with Gasteiger partial charge in [0.05, 0.1) is 17.9 Å². The molecule has 21 heavy (non-hydrogen) atoms. The Labute approximate surface area is 123 Å². The Kier molecular flexibility index (Phi) is 2.61. The highest BCUT2D eigenvalue weighted by Crippen LogP contribution is 2.33. The van der Waals surface area contributed by atoms with E-state index in [1.54, 1.807) is 6.34 Å². The highest BCUT2D eigenvalue weighted by atomic mass is 15.0. The van der Waals surface area contributed by atoms with Gasteiger partial charge in [-0.15, -0.1) is 0 Å². The van der Waals surface area contributed by atoms with Crippen LogP contribution in [0.25, 0.3) is 21.8 Å². The number of benzene rings is 2. The molecule has 2 aromatic carbocycles. The van der Waals surface area contributed by atoms with Crippen LogP contribution >= 0.6 is 0 Å². The van der Waals surface area contributed by atoms with E-state index in [4.69, 9.17) is 0 Å². The van der Waals surface area contributed by atoms with Crippen molar-refractivity contribution >= 4 is 28.1 Å². The van der Waals surface area contributed by atoms with E-state index in [2.05, 4.69) is 70.5 Å². The standard InChI is InChI=1S/C18H17N3/c1-12-10-16(20-11-19-12)15-8-5-7-14-13-6-3-4-9-17(13)21(2)18(14)15/h3-11,16H,1-2H3,(H,19,20). The molecule has 104 valence electrons. The van der Waals surface area contributed by atoms with E-state index in [1.165, 1.54) is 27.4 Å². The fraction of sp³-hybridized carbons (Fsp3) is 0.167. The third-order valence-corrected chi connectivity index (χ3v) is 4.22. The molecule has 1 aromatic heterocycles. The summed E-state index contributed by atoms with van der Waals surface area (Å²) >= 11 is 0. The number of nitrogens with zero attached hydrogens (tertiary/aromatic N) is 2. The quantitative estimate of drug-likeness (QED) is 0.717. The van der Waals surface area contributed by atoms with Crippen molar-refractivity contribution in [3.05, 3.63) is 59.8 Å². The Hall–Kier alpha value is -2.55. The third kappa shape index (κ3) is 1.77. The molecule has 3 heteroatoms. The van der Waals surface area contributed by atoms with Crippen LogP contribution in [0.4, 0.5) is 0 Å². The van der Waals surface area contributed by atoms with Crippen LogP contribution in [0.1, 0.15) is 18.5 Å². The Balaban J connectivity index is 2.05. The number of hydrogen-bond acceptors (Lipinski definition) is 2. The summed E-state index contributed by atoms with van der Waals surface area (Å²) in [5, 5.41) is 5.96. The molecule has 3 nitrogen and oxygen atoms in total. The lowest BCUT2D eigenvalue weighted by Gasteiger charge is -2.19. The van der Waals surface area contributed by atoms with Crippen molar-refractivity contribution in [2.24, 2.45) is 12.0 Å². The first-order valence-electron chi connectivity index (χ1n) is 7.19. The van der Waals surface area contributed by atoms with Crippen molar-refractivity contribution in [2.75, 3.05) is 0 Å². The lowest BCUT2D eigenvalue weighted by molar-refractivity contribution is 0.778. The van der Waals surface area contributed by atoms with Gasteiger partial charge in [0.2, 0.25) is 0 Å². The van der Waals surface area contributed by atoms with Crippen LogP contribution in [-0.2, 0) is 7.05 Å². The fourth-order valence-electron chi connectivity index (χ4n) is 3.25. The minimum Gasteiger partial charge on any atom is -0.366 e. The van der Waals surface area contributed by atoms with Crippen molar-refractivity contribution < 1.29 is 0 Å². The average molecular weight is 275 g/mol. The van der Waals surface area contributed by atoms with Crippen LogP contribution in [0.5, 0.6) is 0 Å². The van der Waals surface area contributed by atoms with E-state index in [-0.39, 0.29) is 6.04 Å². The van der Waals surface area contributed by atoms with Crippen LogP contribution in [0.15, 0.2) is 59.2 Å². The van der Waals surface area contributed by atoms with E-state index in [0.29, 0.717) is 0 Å². The van der Waals surface area contributed by atoms with Gasteiger partial charge in [-0.25, -0.2) is 4.99 Å². The maximum absolute atomic E-state index is 4.27. The zero-order valence-corrected chi connectivity index (χ0v) is 12.2. The lowest BCUT2D eigenvalue weighted by atomic mass is 10.0. The zero-order chi connectivity index (χ0) is 14.4. The summed E-state index contributed by atoms with van der Waals surface area (Å²) < 4.78 is 2.29. The Morgan fingerprint density at radius 3 is 2.71 bits per heavy atom. The van der Waals surface area contributed by atoms with Crippen molar-refractivity contribution in [3.63, 3.8) is 0 Å². The van der Waals surface area contributed by atoms with Gasteiger partial charge in [-0.3, -0.25) is 0 Å². The smallest absolute Gasteiger partial charge is 0.0889 e. The van der Waals surface area contributed by atoms with Crippen molar-refractivity contribution in [2.45, 2.75) is 13.0 Å². The molecule has 0 bridgehead atoms. The predicted octanol–water partition coefficient (Wildman–Crippen LogP) is 3.91. The number of nitrogens with one attached hydrogen (secondary N) is 1. The minimum absolute atomic E-state index is 0.175. The van der Waals surface area contributed by atoms with Gasteiger partial charge >= 0.3 is 0 Å². The molecule has 4 rings (SSSR count). The molecule has 0 amide bonds. The molecular weight excluding hydrogens is 258 g/mol. The highest BCUT2D eigenvalue weighted by Gasteiger charge is 2.17. The van der Waals surface area contributed by atoms with Crippen LogP contribution in [0, 0.1) is 0 Å². The van der Waals surface area contributed by atoms with Gasteiger partial charge < -0.3 is 9.88 Å². The number of para-hydroxylation sites is 2. The summed E-state index contributed by atoms with van der Waals surface area (Å²) in [6, 6.07) is 15.3. The largest absolute Gasteiger partial charge is 0.366 e. The number of aliphatic imine (C=N–C) groups is 1. The lowest BCUT2D eigenvalue weighted by Crippen LogP contribution is -2.21. The second-order valence-electron chi connectivity index (χ2n) is 5.53. The van der Waals surface area contributed by atoms with Crippen molar-refractivity contribution in [3.8, 4) is 0 Å². The molecule has 0 saturated carbocycles. The van der Waals surface area contributed by atoms with E-state index in [1.807, 2.05) is 6.92 Å². The second kappa shape index (κ2) is 4.48. The van der Waals surface area contributed by atoms with Gasteiger partial charge in [-0.1, -0.05) is 36.4 Å². The van der Waals surface area contributed by atoms with Crippen LogP contribution < -0.4 is 5.32 Å². The molecule has 1 N–H and O–H groups in total. The normalized spacial score (nSPS) is 18.0. The molecular formula is C18H17N3. The maximum atomic E-state index is 4.27. The zero-order valence-electron chi connectivity index (χ0n) is 12.2. The van der Waals surface area contributed by atoms with Gasteiger partial charge in [-0.2, -0.15) is 0 Å². The molecule has 1 aliphatic heterocycles. The molecule has 0 fully saturated rings. The minimum atomic E-state index is 0.175. The molecule has 1 atom stereocenters. The molecule has 1 unspecified atom stereocenters. The topological polar surface area (TPSA) is 29.3 Å². The summed E-state index contributed by atoms with van der Waals surface area (Å²) in [6.07, 6.45) is 3.97. The predicted molar refractivity (Wildman–Crippen MR) is 88.6 cm³/mol. The van der Waals surface area contributed by atoms with Gasteiger partial charge in [0, 0.05) is 34.6 Å². The fourth-order valence-corrected chi connectivity index (χ4v) is 3.25. The number of aromatic nitrogens is 1.